The van der Waals surface area contributed by atoms with Crippen molar-refractivity contribution in [1.82, 2.24) is 117 Å². The summed E-state index contributed by atoms with van der Waals surface area (Å²) in [7, 11) is 5.63. The van der Waals surface area contributed by atoms with Crippen molar-refractivity contribution in [2.24, 2.45) is 0 Å². The Labute approximate surface area is 779 Å². The van der Waals surface area contributed by atoms with E-state index in [1.165, 1.54) is 95.0 Å². The van der Waals surface area contributed by atoms with E-state index in [1.54, 1.807) is 46.4 Å². The summed E-state index contributed by atoms with van der Waals surface area (Å²) in [6.45, 7) is 26.4. The number of aromatic nitrogens is 24. The molecule has 0 spiro atoms. The zero-order chi connectivity index (χ0) is 96.6. The van der Waals surface area contributed by atoms with Crippen molar-refractivity contribution in [2.75, 3.05) is 97.2 Å². The maximum absolute atomic E-state index is 14.4. The number of nitrogens with two attached hydrogens (primary N) is 4. The summed E-state index contributed by atoms with van der Waals surface area (Å²) in [6.07, 6.45) is 20.7. The zero-order valence-corrected chi connectivity index (χ0v) is 78.7. The number of aliphatic hydroxyl groups excluding tert-OH is 4. The molecule has 720 valence electrons. The smallest absolute Gasteiger partial charge is 0.223 e. The SMILES string of the molecule is COc1cc2nc(N)n3nc([C@@H]4CC[C@H](C)N(c5cnn([C@H](C)[C@@H](C)O)c5)C4)nc3c2cc1F.COc1cc2nc(N)n3nc([C@H]4CC[C@@H](C)N(c5cnn([C@@H](C)[C@H](C)O)c5)C4)nc3c2cc1F.COc1cc2nc(N)n3nc([C@H]4CC[C@@H](C)N(c5cnn([C@H](C)[C@@H](C)O)c5)C4)nc3c2cc1F.COc1cc2nc(N)n3nc([C@H]4CC[C@@H](C)N(c5cnn([C@H](C)[C@@H](C)O)c5)C4)nc3c2cc1F. The fourth-order valence-electron chi connectivity index (χ4n) is 18.3. The molecule has 4 aliphatic rings. The van der Waals surface area contributed by atoms with Crippen LogP contribution in [0, 0.1) is 23.3 Å². The van der Waals surface area contributed by atoms with E-state index in [2.05, 4.69) is 108 Å². The molecule has 0 bridgehead atoms. The Hall–Kier alpha value is -13.9. The monoisotopic (exact) mass is 1870 g/mol. The first kappa shape index (κ1) is 93.9. The van der Waals surface area contributed by atoms with Crippen molar-refractivity contribution in [2.45, 2.75) is 231 Å². The van der Waals surface area contributed by atoms with E-state index in [-0.39, 0.29) is 94.6 Å². The Morgan fingerprint density at radius 3 is 0.691 bits per heavy atom. The quantitative estimate of drug-likeness (QED) is 0.0329. The molecule has 20 rings (SSSR count). The lowest BCUT2D eigenvalue weighted by Gasteiger charge is -2.37. The van der Waals surface area contributed by atoms with Gasteiger partial charge in [-0.05, 0) is 159 Å². The van der Waals surface area contributed by atoms with E-state index >= 15 is 0 Å². The van der Waals surface area contributed by atoms with Gasteiger partial charge in [0.25, 0.3) is 0 Å². The summed E-state index contributed by atoms with van der Waals surface area (Å²) in [5.41, 5.74) is 32.5. The van der Waals surface area contributed by atoms with E-state index < -0.39 is 47.7 Å². The molecule has 0 saturated carbocycles. The van der Waals surface area contributed by atoms with Crippen LogP contribution in [0.4, 0.5) is 64.1 Å². The summed E-state index contributed by atoms with van der Waals surface area (Å²) in [5, 5.41) is 78.2. The minimum absolute atomic E-state index is 0.0613. The first-order chi connectivity index (χ1) is 65.0. The van der Waals surface area contributed by atoms with Gasteiger partial charge in [0.15, 0.2) is 92.2 Å². The third-order valence-corrected chi connectivity index (χ3v) is 27.5. The van der Waals surface area contributed by atoms with Gasteiger partial charge in [0.1, 0.15) is 0 Å². The summed E-state index contributed by atoms with van der Waals surface area (Å²) in [5.74, 6) is 2.03. The second-order valence-electron chi connectivity index (χ2n) is 36.5. The summed E-state index contributed by atoms with van der Waals surface area (Å²) >= 11 is 0. The van der Waals surface area contributed by atoms with Crippen LogP contribution in [-0.2, 0) is 0 Å². The third-order valence-electron chi connectivity index (χ3n) is 27.5. The number of benzene rings is 4. The number of halogens is 4. The Morgan fingerprint density at radius 2 is 0.507 bits per heavy atom. The number of anilines is 8. The van der Waals surface area contributed by atoms with Gasteiger partial charge in [-0.3, -0.25) is 18.7 Å². The van der Waals surface area contributed by atoms with Crippen LogP contribution in [0.25, 0.3) is 66.2 Å². The van der Waals surface area contributed by atoms with Crippen LogP contribution in [0.5, 0.6) is 23.0 Å². The number of nitrogen functional groups attached to an aromatic ring is 4. The van der Waals surface area contributed by atoms with Gasteiger partial charge in [0.2, 0.25) is 23.8 Å². The topological polar surface area (TPSA) is 478 Å². The van der Waals surface area contributed by atoms with Crippen molar-refractivity contribution in [3.05, 3.63) is 145 Å². The van der Waals surface area contributed by atoms with E-state index in [4.69, 9.17) is 61.8 Å². The van der Waals surface area contributed by atoms with E-state index in [9.17, 15) is 38.0 Å². The number of aliphatic hydroxyl groups is 4. The molecule has 16 atom stereocenters. The van der Waals surface area contributed by atoms with Crippen molar-refractivity contribution >= 4 is 113 Å². The van der Waals surface area contributed by atoms with Gasteiger partial charge in [-0.2, -0.15) is 38.5 Å². The van der Waals surface area contributed by atoms with Crippen molar-refractivity contribution in [1.29, 1.82) is 0 Å². The highest BCUT2D eigenvalue weighted by molar-refractivity contribution is 5.96. The fourth-order valence-corrected chi connectivity index (χ4v) is 18.3. The van der Waals surface area contributed by atoms with E-state index in [0.717, 1.165) is 74.1 Å². The molecule has 40 nitrogen and oxygen atoms in total. The lowest BCUT2D eigenvalue weighted by molar-refractivity contribution is 0.132. The number of piperidine rings is 4. The molecule has 12 aromatic heterocycles. The maximum atomic E-state index is 14.4. The van der Waals surface area contributed by atoms with Crippen molar-refractivity contribution in [3.63, 3.8) is 0 Å². The van der Waals surface area contributed by atoms with Crippen LogP contribution < -0.4 is 61.5 Å². The van der Waals surface area contributed by atoms with Crippen molar-refractivity contribution in [3.8, 4) is 23.0 Å². The van der Waals surface area contributed by atoms with Gasteiger partial charge in [-0.15, -0.1) is 20.4 Å². The third kappa shape index (κ3) is 18.2. The second-order valence-corrected chi connectivity index (χ2v) is 36.5. The number of methoxy groups -OCH3 is 4. The molecule has 16 heterocycles. The normalized spacial score (nSPS) is 20.7. The minimum atomic E-state index is -0.500. The lowest BCUT2D eigenvalue weighted by Crippen LogP contribution is -2.41. The molecular formula is C92H116F4N32O8. The van der Waals surface area contributed by atoms with Crippen LogP contribution in [0.15, 0.2) is 98.1 Å². The van der Waals surface area contributed by atoms with Gasteiger partial charge in [0, 0.05) is 145 Å². The van der Waals surface area contributed by atoms with Crippen LogP contribution in [0.3, 0.4) is 0 Å². The number of nitrogens with zero attached hydrogens (tertiary/aromatic N) is 28. The Morgan fingerprint density at radius 1 is 0.309 bits per heavy atom. The number of ether oxygens (including phenoxy) is 4. The Kier molecular flexibility index (Phi) is 26.3. The predicted molar refractivity (Wildman–Crippen MR) is 506 cm³/mol. The molecule has 4 aromatic carbocycles. The average molecular weight is 1870 g/mol. The molecule has 0 unspecified atom stereocenters. The van der Waals surface area contributed by atoms with Crippen LogP contribution in [0.1, 0.15) is 206 Å². The first-order valence-electron chi connectivity index (χ1n) is 45.8. The van der Waals surface area contributed by atoms with E-state index in [0.29, 0.717) is 140 Å². The number of hydrogen-bond donors (Lipinski definition) is 8. The second kappa shape index (κ2) is 38.1. The lowest BCUT2D eigenvalue weighted by atomic mass is 9.92. The molecule has 136 heavy (non-hydrogen) atoms. The molecule has 0 aliphatic carbocycles. The van der Waals surface area contributed by atoms with Crippen LogP contribution in [-0.4, -0.2) is 241 Å². The Balaban J connectivity index is 0.000000126. The number of rotatable bonds is 20. The van der Waals surface area contributed by atoms with E-state index in [1.807, 2.05) is 77.3 Å². The summed E-state index contributed by atoms with van der Waals surface area (Å²) < 4.78 is 91.1. The van der Waals surface area contributed by atoms with Gasteiger partial charge in [0.05, 0.1) is 147 Å². The highest BCUT2D eigenvalue weighted by atomic mass is 19.1. The van der Waals surface area contributed by atoms with Gasteiger partial charge in [-0.25, -0.2) is 57.4 Å². The van der Waals surface area contributed by atoms with Gasteiger partial charge >= 0.3 is 0 Å². The van der Waals surface area contributed by atoms with Crippen molar-refractivity contribution < 1.29 is 56.9 Å². The van der Waals surface area contributed by atoms with Gasteiger partial charge < -0.3 is 81.9 Å². The Bertz CT molecular complexity index is 6220. The maximum Gasteiger partial charge on any atom is 0.223 e. The highest BCUT2D eigenvalue weighted by Crippen LogP contribution is 2.42. The van der Waals surface area contributed by atoms with Gasteiger partial charge in [-0.1, -0.05) is 0 Å². The standard InChI is InChI=1S/4C23H29FN8O2/c4*1-12-5-6-15(10-30(12)16-9-26-31(11-16)13(2)14(3)33)21-28-22-17-7-18(24)20(34-4)8-19(17)27-23(25)32(22)29-21/h4*7-9,11-15,33H,5-6,10H2,1-4H3,(H2,25,27)/t2*12-,13+,14+,15+;2*12-,13-,14-,15+/m1011/s1. The fraction of sp³-hybridized carbons (Fsp3) is 0.478. The summed E-state index contributed by atoms with van der Waals surface area (Å²) in [6, 6.07) is 12.3. The molecular weight excluding hydrogens is 1760 g/mol. The molecule has 0 amide bonds. The first-order valence-corrected chi connectivity index (χ1v) is 45.8. The minimum Gasteiger partial charge on any atom is -0.494 e. The highest BCUT2D eigenvalue weighted by Gasteiger charge is 2.38. The molecule has 4 aliphatic heterocycles. The molecule has 16 aromatic rings. The predicted octanol–water partition coefficient (Wildman–Crippen LogP) is 11.7. The molecule has 4 fully saturated rings. The molecule has 4 saturated heterocycles. The summed E-state index contributed by atoms with van der Waals surface area (Å²) in [4.78, 5) is 45.8. The molecule has 44 heteroatoms. The largest absolute Gasteiger partial charge is 0.494 e. The molecule has 0 radical (unpaired) electrons. The molecule has 12 N–H and O–H groups in total. The number of fused-ring (bicyclic) bond motifs is 12. The zero-order valence-electron chi connectivity index (χ0n) is 78.7. The number of hydrogen-bond acceptors (Lipinski definition) is 32. The van der Waals surface area contributed by atoms with Crippen LogP contribution >= 0.6 is 0 Å². The van der Waals surface area contributed by atoms with Crippen LogP contribution in [0.2, 0.25) is 0 Å². The average Bonchev–Trinajstić information content (AvgIpc) is 1.72.